The van der Waals surface area contributed by atoms with E-state index in [2.05, 4.69) is 21.6 Å². The van der Waals surface area contributed by atoms with Gasteiger partial charge in [-0.05, 0) is 25.7 Å². The molecule has 2 heterocycles. The van der Waals surface area contributed by atoms with Crippen molar-refractivity contribution in [2.45, 2.75) is 52.0 Å². The molecule has 0 aliphatic heterocycles. The number of imidazole rings is 1. The molecule has 0 aromatic carbocycles. The topological polar surface area (TPSA) is 61.7 Å². The Balaban J connectivity index is 2.15. The Labute approximate surface area is 113 Å². The fourth-order valence-corrected chi connectivity index (χ4v) is 3.64. The molecule has 1 aliphatic rings. The summed E-state index contributed by atoms with van der Waals surface area (Å²) in [4.78, 5) is 4.53. The van der Waals surface area contributed by atoms with Crippen molar-refractivity contribution < 1.29 is 0 Å². The van der Waals surface area contributed by atoms with Crippen molar-refractivity contribution in [1.29, 1.82) is 0 Å². The molecule has 1 saturated carbocycles. The highest BCUT2D eigenvalue weighted by atomic mass is 15.4. The van der Waals surface area contributed by atoms with E-state index in [0.29, 0.717) is 17.9 Å². The maximum absolute atomic E-state index is 6.19. The molecule has 0 spiro atoms. The lowest BCUT2D eigenvalue weighted by atomic mass is 9.82. The maximum atomic E-state index is 6.19. The summed E-state index contributed by atoms with van der Waals surface area (Å²) in [6.07, 6.45) is 6.35. The molecule has 0 amide bonds. The van der Waals surface area contributed by atoms with E-state index in [1.165, 1.54) is 32.1 Å². The van der Waals surface area contributed by atoms with Crippen LogP contribution in [0.3, 0.4) is 0 Å². The zero-order chi connectivity index (χ0) is 13.6. The standard InChI is InChI=1S/C14H23N5/c1-4-10-7-5-6-8-11(10)19-13-12(16-14(19)15)9(2)17-18(13)3/h10-11H,4-8H2,1-3H3,(H2,15,16). The summed E-state index contributed by atoms with van der Waals surface area (Å²) < 4.78 is 4.16. The van der Waals surface area contributed by atoms with Crippen LogP contribution in [0.5, 0.6) is 0 Å². The molecule has 1 aliphatic carbocycles. The van der Waals surface area contributed by atoms with E-state index in [1.807, 2.05) is 18.7 Å². The first-order chi connectivity index (χ1) is 9.13. The molecule has 2 aromatic rings. The monoisotopic (exact) mass is 261 g/mol. The summed E-state index contributed by atoms with van der Waals surface area (Å²) in [6, 6.07) is 0.485. The molecular formula is C14H23N5. The lowest BCUT2D eigenvalue weighted by molar-refractivity contribution is 0.237. The number of anilines is 1. The minimum absolute atomic E-state index is 0.485. The van der Waals surface area contributed by atoms with Crippen molar-refractivity contribution in [3.8, 4) is 0 Å². The van der Waals surface area contributed by atoms with Gasteiger partial charge in [0.15, 0.2) is 5.65 Å². The zero-order valence-electron chi connectivity index (χ0n) is 12.1. The van der Waals surface area contributed by atoms with Gasteiger partial charge in [-0.2, -0.15) is 5.10 Å². The van der Waals surface area contributed by atoms with Crippen LogP contribution in [0.25, 0.3) is 11.2 Å². The van der Waals surface area contributed by atoms with Crippen LogP contribution in [0.15, 0.2) is 0 Å². The van der Waals surface area contributed by atoms with Gasteiger partial charge in [0.05, 0.1) is 5.69 Å². The minimum atomic E-state index is 0.485. The van der Waals surface area contributed by atoms with Gasteiger partial charge >= 0.3 is 0 Å². The summed E-state index contributed by atoms with van der Waals surface area (Å²) in [5.74, 6) is 1.36. The van der Waals surface area contributed by atoms with Gasteiger partial charge in [-0.3, -0.25) is 9.25 Å². The highest BCUT2D eigenvalue weighted by Gasteiger charge is 2.29. The number of nitrogen functional groups attached to an aromatic ring is 1. The van der Waals surface area contributed by atoms with E-state index >= 15 is 0 Å². The second-order valence-corrected chi connectivity index (χ2v) is 5.74. The van der Waals surface area contributed by atoms with Crippen LogP contribution in [-0.2, 0) is 7.05 Å². The Hall–Kier alpha value is -1.52. The molecule has 5 heteroatoms. The average Bonchev–Trinajstić information content (AvgIpc) is 2.88. The first-order valence-electron chi connectivity index (χ1n) is 7.30. The Morgan fingerprint density at radius 3 is 2.79 bits per heavy atom. The number of nitrogens with zero attached hydrogens (tertiary/aromatic N) is 4. The van der Waals surface area contributed by atoms with Crippen molar-refractivity contribution >= 4 is 17.1 Å². The van der Waals surface area contributed by atoms with Crippen LogP contribution < -0.4 is 5.73 Å². The molecule has 2 atom stereocenters. The number of aromatic nitrogens is 4. The highest BCUT2D eigenvalue weighted by molar-refractivity contribution is 5.77. The summed E-state index contributed by atoms with van der Waals surface area (Å²) in [6.45, 7) is 4.28. The molecule has 5 nitrogen and oxygen atoms in total. The molecule has 2 N–H and O–H groups in total. The van der Waals surface area contributed by atoms with Gasteiger partial charge in [-0.15, -0.1) is 0 Å². The van der Waals surface area contributed by atoms with E-state index < -0.39 is 0 Å². The van der Waals surface area contributed by atoms with Gasteiger partial charge < -0.3 is 5.73 Å². The number of rotatable bonds is 2. The van der Waals surface area contributed by atoms with Crippen molar-refractivity contribution in [2.24, 2.45) is 13.0 Å². The lowest BCUT2D eigenvalue weighted by Crippen LogP contribution is -2.24. The third-order valence-electron chi connectivity index (χ3n) is 4.59. The largest absolute Gasteiger partial charge is 0.369 e. The van der Waals surface area contributed by atoms with Crippen molar-refractivity contribution in [3.05, 3.63) is 5.69 Å². The van der Waals surface area contributed by atoms with Gasteiger partial charge in [-0.1, -0.05) is 26.2 Å². The average molecular weight is 261 g/mol. The van der Waals surface area contributed by atoms with Gasteiger partial charge in [0.25, 0.3) is 0 Å². The molecule has 0 saturated heterocycles. The Bertz CT molecular complexity index is 595. The van der Waals surface area contributed by atoms with Crippen molar-refractivity contribution in [3.63, 3.8) is 0 Å². The van der Waals surface area contributed by atoms with Gasteiger partial charge in [0.1, 0.15) is 5.52 Å². The van der Waals surface area contributed by atoms with Gasteiger partial charge in [0, 0.05) is 13.1 Å². The Morgan fingerprint density at radius 1 is 1.32 bits per heavy atom. The minimum Gasteiger partial charge on any atom is -0.369 e. The molecule has 2 unspecified atom stereocenters. The van der Waals surface area contributed by atoms with E-state index in [-0.39, 0.29) is 0 Å². The molecule has 0 bridgehead atoms. The Kier molecular flexibility index (Phi) is 2.99. The number of hydrogen-bond acceptors (Lipinski definition) is 3. The predicted octanol–water partition coefficient (Wildman–Crippen LogP) is 2.80. The first kappa shape index (κ1) is 12.5. The lowest BCUT2D eigenvalue weighted by Gasteiger charge is -2.32. The third-order valence-corrected chi connectivity index (χ3v) is 4.59. The van der Waals surface area contributed by atoms with Crippen molar-refractivity contribution in [1.82, 2.24) is 19.3 Å². The maximum Gasteiger partial charge on any atom is 0.202 e. The SMILES string of the molecule is CCC1CCCCC1n1c(N)nc2c(C)nn(C)c21. The van der Waals surface area contributed by atoms with Gasteiger partial charge in [0.2, 0.25) is 5.95 Å². The fourth-order valence-electron chi connectivity index (χ4n) is 3.64. The van der Waals surface area contributed by atoms with E-state index in [0.717, 1.165) is 16.9 Å². The molecule has 0 radical (unpaired) electrons. The van der Waals surface area contributed by atoms with Crippen LogP contribution in [0.4, 0.5) is 5.95 Å². The van der Waals surface area contributed by atoms with Crippen LogP contribution in [0.1, 0.15) is 50.8 Å². The molecule has 19 heavy (non-hydrogen) atoms. The van der Waals surface area contributed by atoms with E-state index in [1.54, 1.807) is 0 Å². The van der Waals surface area contributed by atoms with Crippen LogP contribution in [0, 0.1) is 12.8 Å². The van der Waals surface area contributed by atoms with Crippen LogP contribution in [0.2, 0.25) is 0 Å². The number of nitrogens with two attached hydrogens (primary N) is 1. The number of hydrogen-bond donors (Lipinski definition) is 1. The van der Waals surface area contributed by atoms with Gasteiger partial charge in [-0.25, -0.2) is 4.98 Å². The zero-order valence-corrected chi connectivity index (χ0v) is 12.1. The summed E-state index contributed by atoms with van der Waals surface area (Å²) in [5.41, 5.74) is 9.20. The van der Waals surface area contributed by atoms with E-state index in [9.17, 15) is 0 Å². The summed E-state index contributed by atoms with van der Waals surface area (Å²) in [7, 11) is 1.98. The Morgan fingerprint density at radius 2 is 2.05 bits per heavy atom. The highest BCUT2D eigenvalue weighted by Crippen LogP contribution is 2.39. The number of fused-ring (bicyclic) bond motifs is 1. The fraction of sp³-hybridized carbons (Fsp3) is 0.714. The number of aryl methyl sites for hydroxylation is 2. The van der Waals surface area contributed by atoms with E-state index in [4.69, 9.17) is 5.73 Å². The second kappa shape index (κ2) is 4.54. The first-order valence-corrected chi connectivity index (χ1v) is 7.30. The predicted molar refractivity (Wildman–Crippen MR) is 76.9 cm³/mol. The molecule has 1 fully saturated rings. The normalized spacial score (nSPS) is 24.2. The van der Waals surface area contributed by atoms with Crippen LogP contribution in [-0.4, -0.2) is 19.3 Å². The summed E-state index contributed by atoms with van der Waals surface area (Å²) in [5, 5.41) is 4.48. The molecule has 3 rings (SSSR count). The second-order valence-electron chi connectivity index (χ2n) is 5.74. The van der Waals surface area contributed by atoms with Crippen LogP contribution >= 0.6 is 0 Å². The quantitative estimate of drug-likeness (QED) is 0.904. The summed E-state index contributed by atoms with van der Waals surface area (Å²) >= 11 is 0. The molecule has 2 aromatic heterocycles. The molecular weight excluding hydrogens is 238 g/mol. The third kappa shape index (κ3) is 1.83. The van der Waals surface area contributed by atoms with Crippen molar-refractivity contribution in [2.75, 3.05) is 5.73 Å². The molecule has 104 valence electrons. The smallest absolute Gasteiger partial charge is 0.202 e.